The number of benzene rings is 1. The molecule has 94 valence electrons. The maximum absolute atomic E-state index is 12.7. The summed E-state index contributed by atoms with van der Waals surface area (Å²) < 4.78 is 12.7. The second-order valence-electron chi connectivity index (χ2n) is 5.42. The fourth-order valence-electron chi connectivity index (χ4n) is 1.89. The van der Waals surface area contributed by atoms with Crippen molar-refractivity contribution >= 4 is 5.97 Å². The highest BCUT2D eigenvalue weighted by molar-refractivity contribution is 5.70. The summed E-state index contributed by atoms with van der Waals surface area (Å²) in [6.45, 7) is 5.78. The minimum Gasteiger partial charge on any atom is -0.481 e. The molecule has 1 rings (SSSR count). The molecule has 1 aromatic rings. The summed E-state index contributed by atoms with van der Waals surface area (Å²) in [6.07, 6.45) is 1.24. The molecular weight excluding hydrogens is 219 g/mol. The molecule has 0 aliphatic carbocycles. The summed E-state index contributed by atoms with van der Waals surface area (Å²) in [5.41, 5.74) is 0.716. The third kappa shape index (κ3) is 4.17. The van der Waals surface area contributed by atoms with Crippen molar-refractivity contribution < 1.29 is 14.3 Å². The standard InChI is InChI=1S/C14H19FO2/c1-14(2,3)12(13(16)17)9-6-10-4-7-11(15)8-5-10/h4-5,7-8,12H,6,9H2,1-3H3,(H,16,17). The van der Waals surface area contributed by atoms with E-state index in [4.69, 9.17) is 0 Å². The van der Waals surface area contributed by atoms with Crippen LogP contribution in [0.25, 0.3) is 0 Å². The zero-order valence-electron chi connectivity index (χ0n) is 10.5. The van der Waals surface area contributed by atoms with Crippen molar-refractivity contribution in [3.8, 4) is 0 Å². The number of hydrogen-bond acceptors (Lipinski definition) is 1. The highest BCUT2D eigenvalue weighted by Gasteiger charge is 2.30. The van der Waals surface area contributed by atoms with Gasteiger partial charge in [0, 0.05) is 0 Å². The van der Waals surface area contributed by atoms with Gasteiger partial charge < -0.3 is 5.11 Å². The van der Waals surface area contributed by atoms with Gasteiger partial charge in [-0.2, -0.15) is 0 Å². The summed E-state index contributed by atoms with van der Waals surface area (Å²) in [6, 6.07) is 6.22. The van der Waals surface area contributed by atoms with Gasteiger partial charge in [-0.1, -0.05) is 32.9 Å². The van der Waals surface area contributed by atoms with Crippen LogP contribution in [0.15, 0.2) is 24.3 Å². The van der Waals surface area contributed by atoms with E-state index in [2.05, 4.69) is 0 Å². The molecule has 0 heterocycles. The van der Waals surface area contributed by atoms with E-state index in [1.807, 2.05) is 20.8 Å². The second-order valence-corrected chi connectivity index (χ2v) is 5.42. The molecule has 0 fully saturated rings. The van der Waals surface area contributed by atoms with E-state index >= 15 is 0 Å². The van der Waals surface area contributed by atoms with Crippen molar-refractivity contribution in [2.24, 2.45) is 11.3 Å². The number of aryl methyl sites for hydroxylation is 1. The highest BCUT2D eigenvalue weighted by Crippen LogP contribution is 2.30. The van der Waals surface area contributed by atoms with E-state index in [1.54, 1.807) is 12.1 Å². The van der Waals surface area contributed by atoms with Crippen LogP contribution in [0.4, 0.5) is 4.39 Å². The Bertz CT molecular complexity index is 376. The van der Waals surface area contributed by atoms with Crippen molar-refractivity contribution in [3.05, 3.63) is 35.6 Å². The van der Waals surface area contributed by atoms with E-state index in [9.17, 15) is 14.3 Å². The van der Waals surface area contributed by atoms with Crippen molar-refractivity contribution in [1.82, 2.24) is 0 Å². The Labute approximate surface area is 101 Å². The third-order valence-corrected chi connectivity index (χ3v) is 2.98. The average molecular weight is 238 g/mol. The van der Waals surface area contributed by atoms with Crippen LogP contribution in [-0.2, 0) is 11.2 Å². The third-order valence-electron chi connectivity index (χ3n) is 2.98. The molecule has 1 N–H and O–H groups in total. The lowest BCUT2D eigenvalue weighted by atomic mass is 9.77. The van der Waals surface area contributed by atoms with Crippen LogP contribution >= 0.6 is 0 Å². The molecule has 17 heavy (non-hydrogen) atoms. The second kappa shape index (κ2) is 5.30. The van der Waals surface area contributed by atoms with E-state index in [0.29, 0.717) is 12.8 Å². The Morgan fingerprint density at radius 3 is 2.24 bits per heavy atom. The molecule has 1 unspecified atom stereocenters. The van der Waals surface area contributed by atoms with Gasteiger partial charge in [-0.15, -0.1) is 0 Å². The van der Waals surface area contributed by atoms with Crippen LogP contribution in [-0.4, -0.2) is 11.1 Å². The molecule has 0 saturated carbocycles. The number of rotatable bonds is 4. The van der Waals surface area contributed by atoms with Gasteiger partial charge in [0.15, 0.2) is 0 Å². The first kappa shape index (κ1) is 13.7. The van der Waals surface area contributed by atoms with Crippen molar-refractivity contribution in [1.29, 1.82) is 0 Å². The summed E-state index contributed by atoms with van der Waals surface area (Å²) >= 11 is 0. The first-order valence-electron chi connectivity index (χ1n) is 5.78. The number of carboxylic acid groups (broad SMARTS) is 1. The molecular formula is C14H19FO2. The number of aliphatic carboxylic acids is 1. The van der Waals surface area contributed by atoms with Gasteiger partial charge in [0.1, 0.15) is 5.82 Å². The number of halogens is 1. The maximum atomic E-state index is 12.7. The molecule has 0 spiro atoms. The van der Waals surface area contributed by atoms with Gasteiger partial charge in [-0.05, 0) is 36.0 Å². The minimum atomic E-state index is -0.764. The molecule has 0 aliphatic heterocycles. The lowest BCUT2D eigenvalue weighted by molar-refractivity contribution is -0.145. The van der Waals surface area contributed by atoms with E-state index in [0.717, 1.165) is 5.56 Å². The highest BCUT2D eigenvalue weighted by atomic mass is 19.1. The SMILES string of the molecule is CC(C)(C)C(CCc1ccc(F)cc1)C(=O)O. The van der Waals surface area contributed by atoms with Crippen LogP contribution in [0.3, 0.4) is 0 Å². The molecule has 0 aliphatic rings. The maximum Gasteiger partial charge on any atom is 0.307 e. The Morgan fingerprint density at radius 1 is 1.29 bits per heavy atom. The molecule has 1 aromatic carbocycles. The first-order chi connectivity index (χ1) is 7.80. The van der Waals surface area contributed by atoms with Crippen molar-refractivity contribution in [2.45, 2.75) is 33.6 Å². The predicted molar refractivity (Wildman–Crippen MR) is 65.3 cm³/mol. The van der Waals surface area contributed by atoms with Crippen LogP contribution in [0.1, 0.15) is 32.8 Å². The summed E-state index contributed by atoms with van der Waals surface area (Å²) in [7, 11) is 0. The van der Waals surface area contributed by atoms with E-state index in [-0.39, 0.29) is 17.2 Å². The summed E-state index contributed by atoms with van der Waals surface area (Å²) in [4.78, 5) is 11.2. The zero-order valence-corrected chi connectivity index (χ0v) is 10.5. The van der Waals surface area contributed by atoms with Gasteiger partial charge in [0.25, 0.3) is 0 Å². The van der Waals surface area contributed by atoms with Gasteiger partial charge >= 0.3 is 5.97 Å². The normalized spacial score (nSPS) is 13.4. The van der Waals surface area contributed by atoms with Crippen molar-refractivity contribution in [2.75, 3.05) is 0 Å². The number of hydrogen-bond donors (Lipinski definition) is 1. The van der Waals surface area contributed by atoms with Crippen LogP contribution in [0.2, 0.25) is 0 Å². The van der Waals surface area contributed by atoms with Crippen LogP contribution in [0.5, 0.6) is 0 Å². The molecule has 0 radical (unpaired) electrons. The van der Waals surface area contributed by atoms with Crippen LogP contribution in [0, 0.1) is 17.2 Å². The molecule has 3 heteroatoms. The molecule has 2 nitrogen and oxygen atoms in total. The Morgan fingerprint density at radius 2 is 1.82 bits per heavy atom. The average Bonchev–Trinajstić information content (AvgIpc) is 2.18. The summed E-state index contributed by atoms with van der Waals surface area (Å²) in [5.74, 6) is -1.41. The molecule has 0 aromatic heterocycles. The smallest absolute Gasteiger partial charge is 0.307 e. The lowest BCUT2D eigenvalue weighted by Gasteiger charge is -2.27. The Balaban J connectivity index is 2.65. The van der Waals surface area contributed by atoms with Gasteiger partial charge in [-0.3, -0.25) is 4.79 Å². The number of carboxylic acids is 1. The van der Waals surface area contributed by atoms with E-state index in [1.165, 1.54) is 12.1 Å². The molecule has 0 bridgehead atoms. The Hall–Kier alpha value is -1.38. The lowest BCUT2D eigenvalue weighted by Crippen LogP contribution is -2.28. The fourth-order valence-corrected chi connectivity index (χ4v) is 1.89. The monoisotopic (exact) mass is 238 g/mol. The minimum absolute atomic E-state index is 0.258. The van der Waals surface area contributed by atoms with Gasteiger partial charge in [0.2, 0.25) is 0 Å². The van der Waals surface area contributed by atoms with Crippen LogP contribution < -0.4 is 0 Å². The topological polar surface area (TPSA) is 37.3 Å². The van der Waals surface area contributed by atoms with E-state index < -0.39 is 5.97 Å². The fraction of sp³-hybridized carbons (Fsp3) is 0.500. The largest absolute Gasteiger partial charge is 0.481 e. The molecule has 0 saturated heterocycles. The first-order valence-corrected chi connectivity index (χ1v) is 5.78. The zero-order chi connectivity index (χ0) is 13.1. The Kier molecular flexibility index (Phi) is 4.27. The molecule has 0 amide bonds. The summed E-state index contributed by atoms with van der Waals surface area (Å²) in [5, 5.41) is 9.17. The molecule has 1 atom stereocenters. The number of carbonyl (C=O) groups is 1. The van der Waals surface area contributed by atoms with Crippen molar-refractivity contribution in [3.63, 3.8) is 0 Å². The van der Waals surface area contributed by atoms with Gasteiger partial charge in [-0.25, -0.2) is 4.39 Å². The predicted octanol–water partition coefficient (Wildman–Crippen LogP) is 3.51. The van der Waals surface area contributed by atoms with Gasteiger partial charge in [0.05, 0.1) is 5.92 Å². The quantitative estimate of drug-likeness (QED) is 0.871.